The number of carboxylic acids is 1. The smallest absolute Gasteiger partial charge is 0.326 e. The van der Waals surface area contributed by atoms with Crippen molar-refractivity contribution in [2.24, 2.45) is 13.0 Å². The molecule has 0 aliphatic heterocycles. The van der Waals surface area contributed by atoms with Crippen molar-refractivity contribution in [1.29, 1.82) is 0 Å². The standard InChI is InChI=1S/C13H22N4O3/c1-5-9(2)11(12(18)19)15-13(20)17(4)8-10-14-6-7-16(10)3/h6-7,9,11H,5,8H2,1-4H3,(H,15,20)(H,18,19)/t9-,11-/m0/s1. The summed E-state index contributed by atoms with van der Waals surface area (Å²) in [7, 11) is 3.45. The van der Waals surface area contributed by atoms with Gasteiger partial charge in [0, 0.05) is 26.5 Å². The van der Waals surface area contributed by atoms with Gasteiger partial charge in [0.15, 0.2) is 0 Å². The second-order valence-corrected chi connectivity index (χ2v) is 4.96. The van der Waals surface area contributed by atoms with Gasteiger partial charge in [0.1, 0.15) is 11.9 Å². The van der Waals surface area contributed by atoms with E-state index in [1.54, 1.807) is 26.4 Å². The summed E-state index contributed by atoms with van der Waals surface area (Å²) in [5.74, 6) is -0.408. The molecule has 0 unspecified atom stereocenters. The maximum absolute atomic E-state index is 12.0. The van der Waals surface area contributed by atoms with Crippen LogP contribution in [0.4, 0.5) is 4.79 Å². The number of aliphatic carboxylic acids is 1. The van der Waals surface area contributed by atoms with Gasteiger partial charge in [-0.25, -0.2) is 14.6 Å². The Bertz CT molecular complexity index is 472. The van der Waals surface area contributed by atoms with Crippen molar-refractivity contribution < 1.29 is 14.7 Å². The van der Waals surface area contributed by atoms with Crippen molar-refractivity contribution in [2.45, 2.75) is 32.9 Å². The molecule has 112 valence electrons. The summed E-state index contributed by atoms with van der Waals surface area (Å²) < 4.78 is 1.81. The van der Waals surface area contributed by atoms with E-state index < -0.39 is 18.0 Å². The van der Waals surface area contributed by atoms with Crippen molar-refractivity contribution in [1.82, 2.24) is 19.8 Å². The van der Waals surface area contributed by atoms with Gasteiger partial charge in [-0.05, 0) is 5.92 Å². The molecule has 1 aromatic heterocycles. The highest BCUT2D eigenvalue weighted by molar-refractivity contribution is 5.82. The van der Waals surface area contributed by atoms with Gasteiger partial charge >= 0.3 is 12.0 Å². The molecular formula is C13H22N4O3. The Hall–Kier alpha value is -2.05. The normalized spacial score (nSPS) is 13.6. The molecule has 0 saturated carbocycles. The molecule has 0 radical (unpaired) electrons. The Labute approximate surface area is 118 Å². The zero-order valence-corrected chi connectivity index (χ0v) is 12.3. The summed E-state index contributed by atoms with van der Waals surface area (Å²) in [6.45, 7) is 4.02. The molecule has 20 heavy (non-hydrogen) atoms. The van der Waals surface area contributed by atoms with Crippen molar-refractivity contribution >= 4 is 12.0 Å². The SMILES string of the molecule is CC[C@H](C)[C@H](NC(=O)N(C)Cc1nccn1C)C(=O)O. The number of carboxylic acid groups (broad SMARTS) is 1. The molecule has 2 atom stereocenters. The molecule has 0 saturated heterocycles. The van der Waals surface area contributed by atoms with Crippen molar-refractivity contribution in [3.8, 4) is 0 Å². The molecule has 1 rings (SSSR count). The minimum atomic E-state index is -1.02. The first-order valence-corrected chi connectivity index (χ1v) is 6.57. The Kier molecular flexibility index (Phi) is 5.54. The second-order valence-electron chi connectivity index (χ2n) is 4.96. The quantitative estimate of drug-likeness (QED) is 0.816. The third-order valence-electron chi connectivity index (χ3n) is 3.40. The van der Waals surface area contributed by atoms with E-state index in [2.05, 4.69) is 10.3 Å². The monoisotopic (exact) mass is 282 g/mol. The second kappa shape index (κ2) is 6.93. The highest BCUT2D eigenvalue weighted by Crippen LogP contribution is 2.09. The Morgan fingerprint density at radius 3 is 2.65 bits per heavy atom. The van der Waals surface area contributed by atoms with Crippen LogP contribution in [0.5, 0.6) is 0 Å². The van der Waals surface area contributed by atoms with Gasteiger partial charge in [0.2, 0.25) is 0 Å². The molecule has 0 fully saturated rings. The fraction of sp³-hybridized carbons (Fsp3) is 0.615. The van der Waals surface area contributed by atoms with Gasteiger partial charge in [-0.15, -0.1) is 0 Å². The third-order valence-corrected chi connectivity index (χ3v) is 3.40. The first-order chi connectivity index (χ1) is 9.36. The minimum Gasteiger partial charge on any atom is -0.480 e. The molecule has 1 aromatic rings. The number of rotatable bonds is 6. The van der Waals surface area contributed by atoms with Gasteiger partial charge in [-0.3, -0.25) is 0 Å². The Morgan fingerprint density at radius 2 is 2.20 bits per heavy atom. The number of hydrogen-bond acceptors (Lipinski definition) is 3. The Balaban J connectivity index is 2.64. The van der Waals surface area contributed by atoms with Crippen molar-refractivity contribution in [3.05, 3.63) is 18.2 Å². The maximum atomic E-state index is 12.0. The van der Waals surface area contributed by atoms with Gasteiger partial charge < -0.3 is 19.9 Å². The molecule has 0 spiro atoms. The third kappa shape index (κ3) is 3.97. The number of aryl methyl sites for hydroxylation is 1. The average molecular weight is 282 g/mol. The summed E-state index contributed by atoms with van der Waals surface area (Å²) in [6.07, 6.45) is 4.13. The summed E-state index contributed by atoms with van der Waals surface area (Å²) in [5, 5.41) is 11.7. The molecule has 0 aromatic carbocycles. The number of nitrogens with zero attached hydrogens (tertiary/aromatic N) is 3. The van der Waals surface area contributed by atoms with Crippen molar-refractivity contribution in [3.63, 3.8) is 0 Å². The van der Waals surface area contributed by atoms with E-state index in [-0.39, 0.29) is 5.92 Å². The van der Waals surface area contributed by atoms with E-state index >= 15 is 0 Å². The van der Waals surface area contributed by atoms with E-state index in [0.29, 0.717) is 13.0 Å². The van der Waals surface area contributed by atoms with E-state index in [1.165, 1.54) is 4.90 Å². The van der Waals surface area contributed by atoms with Crippen LogP contribution < -0.4 is 5.32 Å². The van der Waals surface area contributed by atoms with E-state index in [1.807, 2.05) is 18.5 Å². The Morgan fingerprint density at radius 1 is 1.55 bits per heavy atom. The van der Waals surface area contributed by atoms with Crippen LogP contribution >= 0.6 is 0 Å². The molecule has 0 aliphatic carbocycles. The molecule has 2 N–H and O–H groups in total. The van der Waals surface area contributed by atoms with Crippen LogP contribution in [0.3, 0.4) is 0 Å². The fourth-order valence-electron chi connectivity index (χ4n) is 1.76. The van der Waals surface area contributed by atoms with Crippen LogP contribution in [-0.2, 0) is 18.4 Å². The van der Waals surface area contributed by atoms with E-state index in [9.17, 15) is 9.59 Å². The van der Waals surface area contributed by atoms with Crippen LogP contribution in [0.2, 0.25) is 0 Å². The molecular weight excluding hydrogens is 260 g/mol. The number of hydrogen-bond donors (Lipinski definition) is 2. The fourth-order valence-corrected chi connectivity index (χ4v) is 1.76. The lowest BCUT2D eigenvalue weighted by molar-refractivity contribution is -0.140. The van der Waals surface area contributed by atoms with Crippen LogP contribution in [0, 0.1) is 5.92 Å². The van der Waals surface area contributed by atoms with Gasteiger partial charge in [-0.1, -0.05) is 20.3 Å². The molecule has 1 heterocycles. The minimum absolute atomic E-state index is 0.127. The lowest BCUT2D eigenvalue weighted by Crippen LogP contribution is -2.49. The number of carbonyl (C=O) groups is 2. The van der Waals surface area contributed by atoms with Crippen LogP contribution in [0.1, 0.15) is 26.1 Å². The zero-order valence-electron chi connectivity index (χ0n) is 12.3. The predicted molar refractivity (Wildman–Crippen MR) is 74.1 cm³/mol. The number of nitrogens with one attached hydrogen (secondary N) is 1. The number of amides is 2. The molecule has 2 amide bonds. The summed E-state index contributed by atoms with van der Waals surface area (Å²) >= 11 is 0. The zero-order chi connectivity index (χ0) is 15.3. The van der Waals surface area contributed by atoms with Gasteiger partial charge in [-0.2, -0.15) is 0 Å². The largest absolute Gasteiger partial charge is 0.480 e. The summed E-state index contributed by atoms with van der Waals surface area (Å²) in [6, 6.07) is -1.29. The first kappa shape index (κ1) is 16.0. The molecule has 7 nitrogen and oxygen atoms in total. The topological polar surface area (TPSA) is 87.5 Å². The first-order valence-electron chi connectivity index (χ1n) is 6.57. The van der Waals surface area contributed by atoms with Crippen molar-refractivity contribution in [2.75, 3.05) is 7.05 Å². The highest BCUT2D eigenvalue weighted by atomic mass is 16.4. The van der Waals surface area contributed by atoms with Crippen LogP contribution in [0.25, 0.3) is 0 Å². The van der Waals surface area contributed by atoms with E-state index in [4.69, 9.17) is 5.11 Å². The molecule has 0 aliphatic rings. The average Bonchev–Trinajstić information content (AvgIpc) is 2.79. The highest BCUT2D eigenvalue weighted by Gasteiger charge is 2.26. The van der Waals surface area contributed by atoms with Crippen LogP contribution in [-0.4, -0.2) is 44.6 Å². The predicted octanol–water partition coefficient (Wildman–Crippen LogP) is 1.06. The summed E-state index contributed by atoms with van der Waals surface area (Å²) in [5.41, 5.74) is 0. The van der Waals surface area contributed by atoms with E-state index in [0.717, 1.165) is 5.82 Å². The molecule has 7 heteroatoms. The number of imidazole rings is 1. The van der Waals surface area contributed by atoms with Gasteiger partial charge in [0.25, 0.3) is 0 Å². The van der Waals surface area contributed by atoms with Crippen LogP contribution in [0.15, 0.2) is 12.4 Å². The number of urea groups is 1. The maximum Gasteiger partial charge on any atom is 0.326 e. The van der Waals surface area contributed by atoms with Gasteiger partial charge in [0.05, 0.1) is 6.54 Å². The number of aromatic nitrogens is 2. The number of carbonyl (C=O) groups excluding carboxylic acids is 1. The lowest BCUT2D eigenvalue weighted by atomic mass is 9.99. The lowest BCUT2D eigenvalue weighted by Gasteiger charge is -2.24. The summed E-state index contributed by atoms with van der Waals surface area (Å²) in [4.78, 5) is 28.8. The molecule has 0 bridgehead atoms.